The molecule has 5 nitrogen and oxygen atoms in total. The van der Waals surface area contributed by atoms with Crippen LogP contribution in [0.5, 0.6) is 0 Å². The summed E-state index contributed by atoms with van der Waals surface area (Å²) in [6.45, 7) is 0. The molecule has 0 fully saturated rings. The Morgan fingerprint density at radius 2 is 0.718 bits per heavy atom. The highest BCUT2D eigenvalue weighted by Gasteiger charge is 2.22. The van der Waals surface area contributed by atoms with E-state index in [1.807, 2.05) is 36.5 Å². The van der Waals surface area contributed by atoms with Crippen molar-refractivity contribution in [3.63, 3.8) is 0 Å². The highest BCUT2D eigenvalue weighted by Crippen LogP contribution is 2.44. The second kappa shape index (κ2) is 9.80. The van der Waals surface area contributed by atoms with Gasteiger partial charge in [0.1, 0.15) is 0 Å². The number of nitrogens with zero attached hydrogens (tertiary/aromatic N) is 5. The molecule has 6 aromatic rings. The fraction of sp³-hybridized carbons (Fsp3) is 0. The maximum Gasteiger partial charge on any atom is 0.162 e. The van der Waals surface area contributed by atoms with Gasteiger partial charge in [0.2, 0.25) is 0 Å². The summed E-state index contributed by atoms with van der Waals surface area (Å²) in [6, 6.07) is 50.5. The van der Waals surface area contributed by atoms with Gasteiger partial charge in [-0.05, 0) is 72.8 Å². The Kier molecular flexibility index (Phi) is 5.72. The Morgan fingerprint density at radius 1 is 0.333 bits per heavy atom. The van der Waals surface area contributed by atoms with Crippen molar-refractivity contribution < 1.29 is 0 Å². The zero-order valence-corrected chi connectivity index (χ0v) is 21.2. The third-order valence-electron chi connectivity index (χ3n) is 6.85. The normalized spacial score (nSPS) is 12.5. The van der Waals surface area contributed by atoms with Gasteiger partial charge in [0.15, 0.2) is 5.82 Å². The van der Waals surface area contributed by atoms with Crippen LogP contribution in [-0.4, -0.2) is 10.2 Å². The van der Waals surface area contributed by atoms with Crippen LogP contribution in [0.3, 0.4) is 0 Å². The van der Waals surface area contributed by atoms with Gasteiger partial charge in [-0.15, -0.1) is 5.10 Å². The predicted octanol–water partition coefficient (Wildman–Crippen LogP) is 9.20. The van der Waals surface area contributed by atoms with Crippen LogP contribution >= 0.6 is 0 Å². The third kappa shape index (κ3) is 4.26. The molecule has 0 aliphatic carbocycles. The minimum Gasteiger partial charge on any atom is -0.310 e. The summed E-state index contributed by atoms with van der Waals surface area (Å²) in [7, 11) is 0. The molecule has 5 heteroatoms. The van der Waals surface area contributed by atoms with Crippen molar-refractivity contribution in [3.8, 4) is 0 Å². The number of benzene rings is 5. The molecule has 5 aromatic carbocycles. The third-order valence-corrected chi connectivity index (χ3v) is 6.85. The van der Waals surface area contributed by atoms with E-state index in [1.165, 1.54) is 0 Å². The van der Waals surface area contributed by atoms with Gasteiger partial charge in [-0.1, -0.05) is 66.7 Å². The van der Waals surface area contributed by atoms with Crippen LogP contribution in [0, 0.1) is 0 Å². The average Bonchev–Trinajstić information content (AvgIpc) is 3.00. The lowest BCUT2D eigenvalue weighted by molar-refractivity contribution is 0.997. The van der Waals surface area contributed by atoms with Crippen molar-refractivity contribution >= 4 is 51.3 Å². The number of aromatic nitrogens is 2. The summed E-state index contributed by atoms with van der Waals surface area (Å²) in [4.78, 5) is 6.67. The van der Waals surface area contributed by atoms with Crippen LogP contribution in [0.1, 0.15) is 0 Å². The van der Waals surface area contributed by atoms with Crippen molar-refractivity contribution in [3.05, 3.63) is 152 Å². The highest BCUT2D eigenvalue weighted by molar-refractivity contribution is 5.87. The largest absolute Gasteiger partial charge is 0.310 e. The van der Waals surface area contributed by atoms with Gasteiger partial charge in [0.05, 0.1) is 11.9 Å². The van der Waals surface area contributed by atoms with Gasteiger partial charge >= 0.3 is 0 Å². The zero-order valence-electron chi connectivity index (χ0n) is 21.2. The molecule has 6 bridgehead atoms. The molecular formula is C34H25N5. The molecule has 1 aliphatic heterocycles. The monoisotopic (exact) mass is 503 g/mol. The summed E-state index contributed by atoms with van der Waals surface area (Å²) in [5.41, 5.74) is 8.19. The zero-order chi connectivity index (χ0) is 26.0. The molecule has 1 aliphatic rings. The molecule has 0 atom stereocenters. The number of fused-ring (bicyclic) bond motifs is 6. The molecule has 186 valence electrons. The van der Waals surface area contributed by atoms with E-state index in [0.717, 1.165) is 51.3 Å². The van der Waals surface area contributed by atoms with Crippen LogP contribution in [0.4, 0.5) is 51.3 Å². The minimum absolute atomic E-state index is 0.736. The van der Waals surface area contributed by atoms with Gasteiger partial charge in [-0.25, -0.2) is 0 Å². The molecule has 39 heavy (non-hydrogen) atoms. The van der Waals surface area contributed by atoms with Gasteiger partial charge < -0.3 is 9.80 Å². The number of anilines is 9. The second-order valence-corrected chi connectivity index (χ2v) is 9.32. The highest BCUT2D eigenvalue weighted by atomic mass is 15.3. The number of hydrogen-bond donors (Lipinski definition) is 0. The molecule has 0 saturated heterocycles. The lowest BCUT2D eigenvalue weighted by Gasteiger charge is -2.32. The van der Waals surface area contributed by atoms with Crippen molar-refractivity contribution in [1.82, 2.24) is 10.2 Å². The first-order valence-electron chi connectivity index (χ1n) is 12.9. The molecule has 0 amide bonds. The Bertz CT molecular complexity index is 1460. The van der Waals surface area contributed by atoms with Crippen LogP contribution < -0.4 is 14.7 Å². The van der Waals surface area contributed by atoms with Crippen LogP contribution in [0.2, 0.25) is 0 Å². The number of hydrogen-bond acceptors (Lipinski definition) is 5. The van der Waals surface area contributed by atoms with Crippen molar-refractivity contribution in [2.45, 2.75) is 0 Å². The SMILES string of the molecule is c1ccc(N2c3cccc(c3)N(c3ccccc3)c3cnnc(c3)N(c3ccccc3)c3cccc2c3)cc1. The lowest BCUT2D eigenvalue weighted by Crippen LogP contribution is -2.17. The van der Waals surface area contributed by atoms with Gasteiger partial charge in [0, 0.05) is 45.9 Å². The maximum absolute atomic E-state index is 4.62. The first-order valence-corrected chi connectivity index (χ1v) is 12.9. The molecule has 1 aromatic heterocycles. The molecule has 0 radical (unpaired) electrons. The molecule has 0 unspecified atom stereocenters. The van der Waals surface area contributed by atoms with Gasteiger partial charge in [-0.2, -0.15) is 5.10 Å². The van der Waals surface area contributed by atoms with E-state index in [2.05, 4.69) is 140 Å². The summed E-state index contributed by atoms with van der Waals surface area (Å²) in [6.07, 6.45) is 1.82. The van der Waals surface area contributed by atoms with Crippen LogP contribution in [0.25, 0.3) is 0 Å². The first kappa shape index (κ1) is 22.8. The fourth-order valence-corrected chi connectivity index (χ4v) is 5.16. The molecule has 2 heterocycles. The number of rotatable bonds is 3. The van der Waals surface area contributed by atoms with Crippen LogP contribution in [0.15, 0.2) is 152 Å². The summed E-state index contributed by atoms with van der Waals surface area (Å²) >= 11 is 0. The van der Waals surface area contributed by atoms with Crippen molar-refractivity contribution in [1.29, 1.82) is 0 Å². The van der Waals surface area contributed by atoms with Gasteiger partial charge in [0.25, 0.3) is 0 Å². The topological polar surface area (TPSA) is 35.5 Å². The number of para-hydroxylation sites is 3. The Hall–Kier alpha value is -5.42. The van der Waals surface area contributed by atoms with E-state index in [1.54, 1.807) is 0 Å². The Labute approximate surface area is 227 Å². The fourth-order valence-electron chi connectivity index (χ4n) is 5.16. The summed E-state index contributed by atoms with van der Waals surface area (Å²) in [5, 5.41) is 9.10. The van der Waals surface area contributed by atoms with E-state index in [-0.39, 0.29) is 0 Å². The smallest absolute Gasteiger partial charge is 0.162 e. The maximum atomic E-state index is 4.62. The lowest BCUT2D eigenvalue weighted by atomic mass is 10.1. The molecular weight excluding hydrogens is 478 g/mol. The second-order valence-electron chi connectivity index (χ2n) is 9.32. The minimum atomic E-state index is 0.736. The molecule has 0 N–H and O–H groups in total. The summed E-state index contributed by atoms with van der Waals surface area (Å²) in [5.74, 6) is 0.736. The standard InChI is InChI=1S/C34H25N5/c1-4-12-26(13-5-1)37-29-18-10-20-31(22-29)38(27-14-6-2-7-15-27)33-24-34(36-35-25-33)39(28-16-8-3-9-17-28)32-21-11-19-30(37)23-32/h1-25H. The van der Waals surface area contributed by atoms with E-state index in [4.69, 9.17) is 0 Å². The summed E-state index contributed by atoms with van der Waals surface area (Å²) < 4.78 is 0. The van der Waals surface area contributed by atoms with Crippen molar-refractivity contribution in [2.24, 2.45) is 0 Å². The Balaban J connectivity index is 1.55. The van der Waals surface area contributed by atoms with Crippen molar-refractivity contribution in [2.75, 3.05) is 14.7 Å². The van der Waals surface area contributed by atoms with Crippen LogP contribution in [-0.2, 0) is 0 Å². The predicted molar refractivity (Wildman–Crippen MR) is 160 cm³/mol. The quantitative estimate of drug-likeness (QED) is 0.240. The average molecular weight is 504 g/mol. The molecule has 7 rings (SSSR count). The van der Waals surface area contributed by atoms with E-state index in [9.17, 15) is 0 Å². The molecule has 0 spiro atoms. The van der Waals surface area contributed by atoms with Gasteiger partial charge in [-0.3, -0.25) is 4.90 Å². The van der Waals surface area contributed by atoms with E-state index in [0.29, 0.717) is 0 Å². The first-order chi connectivity index (χ1) is 19.3. The van der Waals surface area contributed by atoms with E-state index < -0.39 is 0 Å². The molecule has 0 saturated carbocycles. The van der Waals surface area contributed by atoms with E-state index >= 15 is 0 Å². The Morgan fingerprint density at radius 3 is 1.21 bits per heavy atom.